The third kappa shape index (κ3) is 7.13. The molecule has 1 rings (SSSR count). The molecular formula is C20H35N. The van der Waals surface area contributed by atoms with Gasteiger partial charge in [-0.05, 0) is 47.8 Å². The molecule has 0 radical (unpaired) electrons. The average molecular weight is 290 g/mol. The molecule has 0 aliphatic heterocycles. The zero-order valence-corrected chi connectivity index (χ0v) is 15.2. The molecule has 1 N–H and O–H groups in total. The third-order valence-electron chi connectivity index (χ3n) is 4.26. The van der Waals surface area contributed by atoms with Crippen molar-refractivity contribution in [3.05, 3.63) is 35.4 Å². The van der Waals surface area contributed by atoms with Crippen molar-refractivity contribution in [2.24, 2.45) is 5.41 Å². The number of benzene rings is 1. The monoisotopic (exact) mass is 289 g/mol. The topological polar surface area (TPSA) is 12.0 Å². The van der Waals surface area contributed by atoms with Crippen molar-refractivity contribution >= 4 is 0 Å². The Morgan fingerprint density at radius 3 is 1.95 bits per heavy atom. The molecule has 1 nitrogen and oxygen atoms in total. The quantitative estimate of drug-likeness (QED) is 0.715. The molecule has 0 saturated heterocycles. The van der Waals surface area contributed by atoms with Gasteiger partial charge < -0.3 is 5.32 Å². The standard InChI is InChI=1S/C20H35N/c1-16(2)21-15-14-20(6,7)13-12-17-8-10-18(11-9-17)19(3,4)5/h8-11,16,21H,12-15H2,1-7H3. The highest BCUT2D eigenvalue weighted by Crippen LogP contribution is 2.28. The fraction of sp³-hybridized carbons (Fsp3) is 0.700. The van der Waals surface area contributed by atoms with E-state index < -0.39 is 0 Å². The predicted molar refractivity (Wildman–Crippen MR) is 95.0 cm³/mol. The van der Waals surface area contributed by atoms with Gasteiger partial charge in [-0.15, -0.1) is 0 Å². The van der Waals surface area contributed by atoms with Crippen molar-refractivity contribution < 1.29 is 0 Å². The number of hydrogen-bond acceptors (Lipinski definition) is 1. The van der Waals surface area contributed by atoms with Crippen molar-refractivity contribution in [2.45, 2.75) is 79.2 Å². The van der Waals surface area contributed by atoms with Gasteiger partial charge in [0, 0.05) is 6.04 Å². The van der Waals surface area contributed by atoms with Gasteiger partial charge in [-0.3, -0.25) is 0 Å². The summed E-state index contributed by atoms with van der Waals surface area (Å²) in [5.41, 5.74) is 3.55. The van der Waals surface area contributed by atoms with Crippen molar-refractivity contribution in [1.82, 2.24) is 5.32 Å². The van der Waals surface area contributed by atoms with Gasteiger partial charge in [-0.1, -0.05) is 72.7 Å². The van der Waals surface area contributed by atoms with Crippen molar-refractivity contribution in [1.29, 1.82) is 0 Å². The van der Waals surface area contributed by atoms with Crippen LogP contribution in [0.25, 0.3) is 0 Å². The van der Waals surface area contributed by atoms with Crippen LogP contribution < -0.4 is 5.32 Å². The van der Waals surface area contributed by atoms with E-state index in [0.717, 1.165) is 6.54 Å². The van der Waals surface area contributed by atoms with Crippen molar-refractivity contribution in [2.75, 3.05) is 6.54 Å². The molecule has 1 aromatic carbocycles. The maximum atomic E-state index is 3.52. The number of hydrogen-bond donors (Lipinski definition) is 1. The second-order valence-electron chi connectivity index (χ2n) is 8.47. The maximum Gasteiger partial charge on any atom is 0.00103 e. The molecule has 0 unspecified atom stereocenters. The van der Waals surface area contributed by atoms with Gasteiger partial charge in [-0.25, -0.2) is 0 Å². The second-order valence-corrected chi connectivity index (χ2v) is 8.47. The van der Waals surface area contributed by atoms with Gasteiger partial charge in [-0.2, -0.15) is 0 Å². The van der Waals surface area contributed by atoms with Crippen LogP contribution in [0.5, 0.6) is 0 Å². The summed E-state index contributed by atoms with van der Waals surface area (Å²) in [4.78, 5) is 0. The Kier molecular flexibility index (Phi) is 6.46. The fourth-order valence-corrected chi connectivity index (χ4v) is 2.48. The first-order valence-electron chi connectivity index (χ1n) is 8.43. The van der Waals surface area contributed by atoms with Crippen molar-refractivity contribution in [3.63, 3.8) is 0 Å². The number of rotatable bonds is 7. The van der Waals surface area contributed by atoms with Crippen molar-refractivity contribution in [3.8, 4) is 0 Å². The Morgan fingerprint density at radius 1 is 0.905 bits per heavy atom. The predicted octanol–water partition coefficient (Wildman–Crippen LogP) is 5.33. The number of aryl methyl sites for hydroxylation is 1. The molecule has 0 atom stereocenters. The zero-order chi connectivity index (χ0) is 16.1. The minimum atomic E-state index is 0.250. The molecule has 0 spiro atoms. The SMILES string of the molecule is CC(C)NCCC(C)(C)CCc1ccc(C(C)(C)C)cc1. The van der Waals surface area contributed by atoms with E-state index in [4.69, 9.17) is 0 Å². The Morgan fingerprint density at radius 2 is 1.48 bits per heavy atom. The van der Waals surface area contributed by atoms with Crippen LogP contribution in [0.4, 0.5) is 0 Å². The summed E-state index contributed by atoms with van der Waals surface area (Å²) in [5, 5.41) is 3.52. The van der Waals surface area contributed by atoms with Gasteiger partial charge in [0.15, 0.2) is 0 Å². The molecule has 21 heavy (non-hydrogen) atoms. The van der Waals surface area contributed by atoms with Gasteiger partial charge in [0.05, 0.1) is 0 Å². The highest BCUT2D eigenvalue weighted by atomic mass is 14.9. The molecular weight excluding hydrogens is 254 g/mol. The molecule has 0 aliphatic carbocycles. The largest absolute Gasteiger partial charge is 0.315 e. The first-order valence-corrected chi connectivity index (χ1v) is 8.43. The lowest BCUT2D eigenvalue weighted by atomic mass is 9.82. The van der Waals surface area contributed by atoms with Gasteiger partial charge in [0.1, 0.15) is 0 Å². The van der Waals surface area contributed by atoms with E-state index in [1.165, 1.54) is 30.4 Å². The second kappa shape index (κ2) is 7.45. The van der Waals surface area contributed by atoms with E-state index in [-0.39, 0.29) is 5.41 Å². The van der Waals surface area contributed by atoms with E-state index >= 15 is 0 Å². The van der Waals surface area contributed by atoms with Crippen LogP contribution in [-0.4, -0.2) is 12.6 Å². The smallest absolute Gasteiger partial charge is 0.00103 e. The molecule has 1 heteroatoms. The summed E-state index contributed by atoms with van der Waals surface area (Å²) < 4.78 is 0. The van der Waals surface area contributed by atoms with Crippen LogP contribution in [-0.2, 0) is 11.8 Å². The summed E-state index contributed by atoms with van der Waals surface area (Å²) in [5.74, 6) is 0. The molecule has 0 aromatic heterocycles. The van der Waals surface area contributed by atoms with Gasteiger partial charge >= 0.3 is 0 Å². The first kappa shape index (κ1) is 18.2. The van der Waals surface area contributed by atoms with Gasteiger partial charge in [0.25, 0.3) is 0 Å². The highest BCUT2D eigenvalue weighted by Gasteiger charge is 2.18. The molecule has 0 aliphatic rings. The Balaban J connectivity index is 2.47. The summed E-state index contributed by atoms with van der Waals surface area (Å²) in [6.45, 7) is 17.1. The number of nitrogens with one attached hydrogen (secondary N) is 1. The molecule has 0 saturated carbocycles. The van der Waals surface area contributed by atoms with Crippen LogP contribution in [0.2, 0.25) is 0 Å². The lowest BCUT2D eigenvalue weighted by Gasteiger charge is -2.25. The minimum Gasteiger partial charge on any atom is -0.315 e. The molecule has 0 bridgehead atoms. The Bertz CT molecular complexity index is 406. The Hall–Kier alpha value is -0.820. The Labute approximate surface area is 132 Å². The normalized spacial score (nSPS) is 13.0. The van der Waals surface area contributed by atoms with E-state index in [9.17, 15) is 0 Å². The summed E-state index contributed by atoms with van der Waals surface area (Å²) in [6, 6.07) is 9.79. The fourth-order valence-electron chi connectivity index (χ4n) is 2.48. The summed E-state index contributed by atoms with van der Waals surface area (Å²) >= 11 is 0. The maximum absolute atomic E-state index is 3.52. The van der Waals surface area contributed by atoms with E-state index in [1.54, 1.807) is 0 Å². The summed E-state index contributed by atoms with van der Waals surface area (Å²) in [6.07, 6.45) is 3.67. The molecule has 120 valence electrons. The molecule has 0 fully saturated rings. The lowest BCUT2D eigenvalue weighted by Crippen LogP contribution is -2.28. The highest BCUT2D eigenvalue weighted by molar-refractivity contribution is 5.27. The van der Waals surface area contributed by atoms with Crippen LogP contribution in [0, 0.1) is 5.41 Å². The van der Waals surface area contributed by atoms with Crippen LogP contribution >= 0.6 is 0 Å². The zero-order valence-electron chi connectivity index (χ0n) is 15.2. The summed E-state index contributed by atoms with van der Waals surface area (Å²) in [7, 11) is 0. The minimum absolute atomic E-state index is 0.250. The first-order chi connectivity index (χ1) is 9.60. The van der Waals surface area contributed by atoms with Crippen LogP contribution in [0.1, 0.15) is 72.4 Å². The third-order valence-corrected chi connectivity index (χ3v) is 4.26. The van der Waals surface area contributed by atoms with E-state index in [2.05, 4.69) is 78.0 Å². The lowest BCUT2D eigenvalue weighted by molar-refractivity contribution is 0.298. The van der Waals surface area contributed by atoms with Gasteiger partial charge in [0.2, 0.25) is 0 Å². The van der Waals surface area contributed by atoms with E-state index in [0.29, 0.717) is 11.5 Å². The molecule has 0 amide bonds. The van der Waals surface area contributed by atoms with Crippen LogP contribution in [0.15, 0.2) is 24.3 Å². The molecule has 0 heterocycles. The average Bonchev–Trinajstić information content (AvgIpc) is 2.35. The molecule has 1 aromatic rings. The van der Waals surface area contributed by atoms with E-state index in [1.807, 2.05) is 0 Å². The van der Waals surface area contributed by atoms with Crippen LogP contribution in [0.3, 0.4) is 0 Å².